The van der Waals surface area contributed by atoms with E-state index < -0.39 is 0 Å². The lowest BCUT2D eigenvalue weighted by atomic mass is 10.3. The van der Waals surface area contributed by atoms with E-state index in [1.165, 1.54) is 12.2 Å². The molecular weight excluding hydrogens is 138 g/mol. The SMILES string of the molecule is CN1CCCN(C)C1=CCN. The molecule has 0 aromatic carbocycles. The van der Waals surface area contributed by atoms with Crippen molar-refractivity contribution in [2.24, 2.45) is 5.73 Å². The van der Waals surface area contributed by atoms with Crippen molar-refractivity contribution in [3.05, 3.63) is 11.9 Å². The third-order valence-corrected chi connectivity index (χ3v) is 2.07. The highest BCUT2D eigenvalue weighted by molar-refractivity contribution is 5.01. The minimum Gasteiger partial charge on any atom is -0.362 e. The van der Waals surface area contributed by atoms with Crippen LogP contribution in [0.4, 0.5) is 0 Å². The number of rotatable bonds is 1. The fraction of sp³-hybridized carbons (Fsp3) is 0.750. The van der Waals surface area contributed by atoms with Crippen LogP contribution in [0.5, 0.6) is 0 Å². The Morgan fingerprint density at radius 3 is 2.36 bits per heavy atom. The smallest absolute Gasteiger partial charge is 0.101 e. The number of nitrogens with zero attached hydrogens (tertiary/aromatic N) is 2. The summed E-state index contributed by atoms with van der Waals surface area (Å²) in [5, 5.41) is 0. The molecule has 0 aromatic heterocycles. The summed E-state index contributed by atoms with van der Waals surface area (Å²) in [5.41, 5.74) is 5.45. The normalized spacial score (nSPS) is 19.0. The van der Waals surface area contributed by atoms with Crippen molar-refractivity contribution >= 4 is 0 Å². The molecule has 0 bridgehead atoms. The van der Waals surface area contributed by atoms with Gasteiger partial charge in [0.05, 0.1) is 0 Å². The van der Waals surface area contributed by atoms with E-state index in [0.29, 0.717) is 6.54 Å². The van der Waals surface area contributed by atoms with Crippen LogP contribution >= 0.6 is 0 Å². The van der Waals surface area contributed by atoms with Crippen LogP contribution in [0.3, 0.4) is 0 Å². The van der Waals surface area contributed by atoms with Crippen LogP contribution in [-0.4, -0.2) is 43.5 Å². The first-order chi connectivity index (χ1) is 5.25. The highest BCUT2D eigenvalue weighted by atomic mass is 15.3. The van der Waals surface area contributed by atoms with Gasteiger partial charge in [-0.1, -0.05) is 0 Å². The molecule has 1 rings (SSSR count). The van der Waals surface area contributed by atoms with E-state index >= 15 is 0 Å². The van der Waals surface area contributed by atoms with Crippen LogP contribution in [0.15, 0.2) is 11.9 Å². The van der Waals surface area contributed by atoms with Gasteiger partial charge < -0.3 is 15.5 Å². The molecule has 3 heteroatoms. The summed E-state index contributed by atoms with van der Waals surface area (Å²) in [7, 11) is 4.22. The third kappa shape index (κ3) is 1.87. The molecule has 0 aromatic rings. The van der Waals surface area contributed by atoms with Crippen LogP contribution < -0.4 is 5.73 Å². The van der Waals surface area contributed by atoms with Crippen LogP contribution in [0, 0.1) is 0 Å². The number of nitrogens with two attached hydrogens (primary N) is 1. The second-order valence-corrected chi connectivity index (χ2v) is 2.99. The first-order valence-electron chi connectivity index (χ1n) is 4.08. The van der Waals surface area contributed by atoms with Gasteiger partial charge in [0.25, 0.3) is 0 Å². The van der Waals surface area contributed by atoms with E-state index in [-0.39, 0.29) is 0 Å². The largest absolute Gasteiger partial charge is 0.362 e. The summed E-state index contributed by atoms with van der Waals surface area (Å²) in [4.78, 5) is 4.49. The van der Waals surface area contributed by atoms with E-state index in [4.69, 9.17) is 5.73 Å². The minimum absolute atomic E-state index is 0.629. The molecule has 1 heterocycles. The first-order valence-corrected chi connectivity index (χ1v) is 4.08. The zero-order valence-electron chi connectivity index (χ0n) is 7.38. The fourth-order valence-corrected chi connectivity index (χ4v) is 1.48. The Morgan fingerprint density at radius 2 is 1.91 bits per heavy atom. The van der Waals surface area contributed by atoms with Gasteiger partial charge in [-0.25, -0.2) is 0 Å². The summed E-state index contributed by atoms with van der Waals surface area (Å²) >= 11 is 0. The molecule has 0 spiro atoms. The molecule has 1 aliphatic rings. The lowest BCUT2D eigenvalue weighted by Gasteiger charge is -2.36. The molecule has 2 N–H and O–H groups in total. The van der Waals surface area contributed by atoms with E-state index in [2.05, 4.69) is 30.0 Å². The Morgan fingerprint density at radius 1 is 1.36 bits per heavy atom. The third-order valence-electron chi connectivity index (χ3n) is 2.07. The van der Waals surface area contributed by atoms with Gasteiger partial charge in [-0.3, -0.25) is 0 Å². The lowest BCUT2D eigenvalue weighted by molar-refractivity contribution is 0.210. The Hall–Kier alpha value is -0.700. The Labute approximate surface area is 68.5 Å². The average Bonchev–Trinajstić information content (AvgIpc) is 1.97. The maximum atomic E-state index is 5.45. The molecule has 3 nitrogen and oxygen atoms in total. The summed E-state index contributed by atoms with van der Waals surface area (Å²) in [6, 6.07) is 0. The lowest BCUT2D eigenvalue weighted by Crippen LogP contribution is -2.38. The Kier molecular flexibility index (Phi) is 2.76. The second kappa shape index (κ2) is 3.62. The van der Waals surface area contributed by atoms with Crippen molar-refractivity contribution in [1.82, 2.24) is 9.80 Å². The average molecular weight is 155 g/mol. The van der Waals surface area contributed by atoms with Crippen LogP contribution in [0.25, 0.3) is 0 Å². The van der Waals surface area contributed by atoms with Gasteiger partial charge in [0.2, 0.25) is 0 Å². The van der Waals surface area contributed by atoms with Crippen LogP contribution in [0.1, 0.15) is 6.42 Å². The first kappa shape index (κ1) is 8.40. The van der Waals surface area contributed by atoms with Gasteiger partial charge in [0.1, 0.15) is 5.82 Å². The van der Waals surface area contributed by atoms with Crippen molar-refractivity contribution in [1.29, 1.82) is 0 Å². The standard InChI is InChI=1S/C8H17N3/c1-10-6-3-7-11(2)8(10)4-5-9/h4H,3,5-7,9H2,1-2H3. The quantitative estimate of drug-likeness (QED) is 0.581. The zero-order chi connectivity index (χ0) is 8.27. The predicted octanol–water partition coefficient (Wildman–Crippen LogP) is 0.0538. The van der Waals surface area contributed by atoms with Gasteiger partial charge in [-0.2, -0.15) is 0 Å². The fourth-order valence-electron chi connectivity index (χ4n) is 1.48. The highest BCUT2D eigenvalue weighted by Crippen LogP contribution is 2.12. The summed E-state index contributed by atoms with van der Waals surface area (Å²) in [6.07, 6.45) is 3.31. The summed E-state index contributed by atoms with van der Waals surface area (Å²) < 4.78 is 0. The van der Waals surface area contributed by atoms with Gasteiger partial charge in [-0.05, 0) is 12.5 Å². The van der Waals surface area contributed by atoms with Gasteiger partial charge in [0, 0.05) is 33.7 Å². The Bertz CT molecular complexity index is 141. The van der Waals surface area contributed by atoms with Crippen molar-refractivity contribution in [3.63, 3.8) is 0 Å². The second-order valence-electron chi connectivity index (χ2n) is 2.99. The topological polar surface area (TPSA) is 32.5 Å². The predicted molar refractivity (Wildman–Crippen MR) is 47.0 cm³/mol. The highest BCUT2D eigenvalue weighted by Gasteiger charge is 2.13. The molecule has 0 atom stereocenters. The molecule has 11 heavy (non-hydrogen) atoms. The molecule has 1 fully saturated rings. The molecule has 1 saturated heterocycles. The maximum Gasteiger partial charge on any atom is 0.101 e. The summed E-state index contributed by atoms with van der Waals surface area (Å²) in [6.45, 7) is 2.93. The number of hydrogen-bond donors (Lipinski definition) is 1. The van der Waals surface area contributed by atoms with Crippen molar-refractivity contribution in [2.45, 2.75) is 6.42 Å². The number of hydrogen-bond acceptors (Lipinski definition) is 3. The van der Waals surface area contributed by atoms with Crippen LogP contribution in [-0.2, 0) is 0 Å². The van der Waals surface area contributed by atoms with E-state index in [0.717, 1.165) is 13.1 Å². The molecule has 0 radical (unpaired) electrons. The van der Waals surface area contributed by atoms with Gasteiger partial charge in [-0.15, -0.1) is 0 Å². The Balaban J connectivity index is 2.62. The van der Waals surface area contributed by atoms with Crippen molar-refractivity contribution < 1.29 is 0 Å². The zero-order valence-corrected chi connectivity index (χ0v) is 7.38. The molecule has 0 amide bonds. The van der Waals surface area contributed by atoms with Gasteiger partial charge in [0.15, 0.2) is 0 Å². The molecule has 0 saturated carbocycles. The molecular formula is C8H17N3. The monoisotopic (exact) mass is 155 g/mol. The van der Waals surface area contributed by atoms with Crippen molar-refractivity contribution in [3.8, 4) is 0 Å². The molecule has 64 valence electrons. The van der Waals surface area contributed by atoms with Gasteiger partial charge >= 0.3 is 0 Å². The molecule has 0 unspecified atom stereocenters. The minimum atomic E-state index is 0.629. The van der Waals surface area contributed by atoms with E-state index in [1.54, 1.807) is 0 Å². The molecule has 1 aliphatic heterocycles. The van der Waals surface area contributed by atoms with E-state index in [9.17, 15) is 0 Å². The van der Waals surface area contributed by atoms with Crippen LogP contribution in [0.2, 0.25) is 0 Å². The van der Waals surface area contributed by atoms with E-state index in [1.807, 2.05) is 0 Å². The summed E-state index contributed by atoms with van der Waals surface area (Å²) in [5.74, 6) is 1.26. The van der Waals surface area contributed by atoms with Crippen molar-refractivity contribution in [2.75, 3.05) is 33.7 Å². The maximum absolute atomic E-state index is 5.45. The molecule has 0 aliphatic carbocycles.